The lowest BCUT2D eigenvalue weighted by molar-refractivity contribution is -0.384. The van der Waals surface area contributed by atoms with Gasteiger partial charge >= 0.3 is 5.97 Å². The van der Waals surface area contributed by atoms with Crippen molar-refractivity contribution in [3.63, 3.8) is 0 Å². The van der Waals surface area contributed by atoms with Crippen LogP contribution >= 0.6 is 0 Å². The molecule has 2 rings (SSSR count). The monoisotopic (exact) mass is 314 g/mol. The lowest BCUT2D eigenvalue weighted by atomic mass is 10.1. The highest BCUT2D eigenvalue weighted by Crippen LogP contribution is 2.14. The molecule has 7 nitrogen and oxygen atoms in total. The smallest absolute Gasteiger partial charge is 0.335 e. The average Bonchev–Trinajstić information content (AvgIpc) is 2.53. The van der Waals surface area contributed by atoms with Crippen LogP contribution in [0.5, 0.6) is 0 Å². The van der Waals surface area contributed by atoms with Gasteiger partial charge in [0, 0.05) is 24.2 Å². The third-order valence-corrected chi connectivity index (χ3v) is 3.18. The van der Waals surface area contributed by atoms with E-state index in [0.717, 1.165) is 5.56 Å². The summed E-state index contributed by atoms with van der Waals surface area (Å²) in [5, 5.41) is 22.1. The number of anilines is 1. The number of nitro groups is 1. The van der Waals surface area contributed by atoms with Crippen LogP contribution in [-0.2, 0) is 11.2 Å². The van der Waals surface area contributed by atoms with E-state index in [-0.39, 0.29) is 23.6 Å². The molecule has 0 bridgehead atoms. The van der Waals surface area contributed by atoms with Crippen molar-refractivity contribution in [2.75, 3.05) is 5.32 Å². The number of carbonyl (C=O) groups excluding carboxylic acids is 1. The van der Waals surface area contributed by atoms with Gasteiger partial charge in [-0.15, -0.1) is 0 Å². The van der Waals surface area contributed by atoms with Gasteiger partial charge in [-0.1, -0.05) is 18.2 Å². The number of hydrogen-bond donors (Lipinski definition) is 2. The molecule has 0 saturated carbocycles. The highest BCUT2D eigenvalue weighted by Gasteiger charge is 2.08. The van der Waals surface area contributed by atoms with E-state index in [1.54, 1.807) is 24.3 Å². The number of aromatic carboxylic acids is 1. The largest absolute Gasteiger partial charge is 0.478 e. The van der Waals surface area contributed by atoms with Crippen LogP contribution in [0.2, 0.25) is 0 Å². The summed E-state index contributed by atoms with van der Waals surface area (Å²) in [5.74, 6) is -1.32. The summed E-state index contributed by atoms with van der Waals surface area (Å²) >= 11 is 0. The van der Waals surface area contributed by atoms with Crippen molar-refractivity contribution in [2.24, 2.45) is 0 Å². The van der Waals surface area contributed by atoms with Crippen LogP contribution in [-0.4, -0.2) is 21.9 Å². The van der Waals surface area contributed by atoms with E-state index < -0.39 is 10.9 Å². The number of aryl methyl sites for hydroxylation is 1. The molecule has 0 saturated heterocycles. The fourth-order valence-corrected chi connectivity index (χ4v) is 2.00. The fraction of sp³-hybridized carbons (Fsp3) is 0.125. The quantitative estimate of drug-likeness (QED) is 0.629. The van der Waals surface area contributed by atoms with Crippen LogP contribution in [0.4, 0.5) is 11.4 Å². The summed E-state index contributed by atoms with van der Waals surface area (Å²) in [6.07, 6.45) is 0.623. The fourth-order valence-electron chi connectivity index (χ4n) is 2.00. The van der Waals surface area contributed by atoms with Gasteiger partial charge in [-0.2, -0.15) is 0 Å². The number of nitro benzene ring substituents is 1. The van der Waals surface area contributed by atoms with Crippen LogP contribution in [0.3, 0.4) is 0 Å². The lowest BCUT2D eigenvalue weighted by Crippen LogP contribution is -2.12. The normalized spacial score (nSPS) is 10.1. The zero-order valence-electron chi connectivity index (χ0n) is 12.1. The van der Waals surface area contributed by atoms with E-state index in [4.69, 9.17) is 5.11 Å². The first-order valence-electron chi connectivity index (χ1n) is 6.82. The molecular formula is C16H14N2O5. The van der Waals surface area contributed by atoms with E-state index in [9.17, 15) is 19.7 Å². The minimum Gasteiger partial charge on any atom is -0.478 e. The molecule has 118 valence electrons. The highest BCUT2D eigenvalue weighted by molar-refractivity contribution is 5.93. The number of carbonyl (C=O) groups is 2. The predicted molar refractivity (Wildman–Crippen MR) is 83.4 cm³/mol. The van der Waals surface area contributed by atoms with Gasteiger partial charge in [0.05, 0.1) is 10.5 Å². The van der Waals surface area contributed by atoms with Gasteiger partial charge in [-0.05, 0) is 30.2 Å². The maximum atomic E-state index is 11.9. The first-order valence-corrected chi connectivity index (χ1v) is 6.82. The summed E-state index contributed by atoms with van der Waals surface area (Å²) < 4.78 is 0. The number of carboxylic acid groups (broad SMARTS) is 1. The first-order chi connectivity index (χ1) is 11.0. The molecule has 0 aliphatic rings. The summed E-state index contributed by atoms with van der Waals surface area (Å²) in [7, 11) is 0. The van der Waals surface area contributed by atoms with Crippen molar-refractivity contribution in [1.82, 2.24) is 0 Å². The van der Waals surface area contributed by atoms with Crippen molar-refractivity contribution in [3.05, 3.63) is 69.8 Å². The third kappa shape index (κ3) is 4.63. The van der Waals surface area contributed by atoms with Gasteiger partial charge in [0.1, 0.15) is 0 Å². The second-order valence-corrected chi connectivity index (χ2v) is 4.86. The van der Waals surface area contributed by atoms with Gasteiger partial charge in [0.15, 0.2) is 0 Å². The number of non-ortho nitro benzene ring substituents is 1. The first kappa shape index (κ1) is 16.2. The number of amides is 1. The Morgan fingerprint density at radius 1 is 1.13 bits per heavy atom. The molecule has 0 aliphatic heterocycles. The molecule has 0 spiro atoms. The van der Waals surface area contributed by atoms with Gasteiger partial charge in [0.2, 0.25) is 5.91 Å². The highest BCUT2D eigenvalue weighted by atomic mass is 16.6. The van der Waals surface area contributed by atoms with Gasteiger partial charge < -0.3 is 10.4 Å². The number of benzene rings is 2. The Hall–Kier alpha value is -3.22. The van der Waals surface area contributed by atoms with Crippen LogP contribution in [0.25, 0.3) is 0 Å². The van der Waals surface area contributed by atoms with E-state index in [1.165, 1.54) is 24.3 Å². The maximum Gasteiger partial charge on any atom is 0.335 e. The zero-order valence-corrected chi connectivity index (χ0v) is 12.1. The van der Waals surface area contributed by atoms with E-state index in [0.29, 0.717) is 12.1 Å². The molecule has 0 fully saturated rings. The molecule has 0 heterocycles. The van der Waals surface area contributed by atoms with Crippen LogP contribution in [0, 0.1) is 10.1 Å². The van der Waals surface area contributed by atoms with Crippen molar-refractivity contribution in [3.8, 4) is 0 Å². The summed E-state index contributed by atoms with van der Waals surface area (Å²) in [5.41, 5.74) is 1.32. The summed E-state index contributed by atoms with van der Waals surface area (Å²) in [4.78, 5) is 32.8. The minimum absolute atomic E-state index is 0.00341. The zero-order chi connectivity index (χ0) is 16.8. The molecule has 7 heteroatoms. The van der Waals surface area contributed by atoms with Gasteiger partial charge in [0.25, 0.3) is 5.69 Å². The van der Waals surface area contributed by atoms with Gasteiger partial charge in [-0.3, -0.25) is 14.9 Å². The second kappa shape index (κ2) is 7.17. The molecule has 2 aromatic rings. The molecule has 0 radical (unpaired) electrons. The molecule has 2 N–H and O–H groups in total. The maximum absolute atomic E-state index is 11.9. The predicted octanol–water partition coefficient (Wildman–Crippen LogP) is 2.86. The lowest BCUT2D eigenvalue weighted by Gasteiger charge is -2.06. The molecule has 1 amide bonds. The standard InChI is InChI=1S/C16H14N2O5/c19-15(17-13-3-1-2-12(10-13)16(20)21)9-6-11-4-7-14(8-5-11)18(22)23/h1-5,7-8,10H,6,9H2,(H,17,19)(H,20,21). The number of carboxylic acids is 1. The topological polar surface area (TPSA) is 110 Å². The van der Waals surface area contributed by atoms with Crippen LogP contribution in [0.15, 0.2) is 48.5 Å². The second-order valence-electron chi connectivity index (χ2n) is 4.86. The number of rotatable bonds is 6. The van der Waals surface area contributed by atoms with E-state index in [1.807, 2.05) is 0 Å². The van der Waals surface area contributed by atoms with Crippen LogP contribution < -0.4 is 5.32 Å². The van der Waals surface area contributed by atoms with Crippen molar-refractivity contribution in [1.29, 1.82) is 0 Å². The Labute approximate surface area is 131 Å². The van der Waals surface area contributed by atoms with Crippen molar-refractivity contribution in [2.45, 2.75) is 12.8 Å². The SMILES string of the molecule is O=C(CCc1ccc([N+](=O)[O-])cc1)Nc1cccc(C(=O)O)c1. The van der Waals surface area contributed by atoms with Crippen molar-refractivity contribution >= 4 is 23.3 Å². The van der Waals surface area contributed by atoms with E-state index in [2.05, 4.69) is 5.32 Å². The Kier molecular flexibility index (Phi) is 5.03. The number of nitrogens with one attached hydrogen (secondary N) is 1. The number of nitrogens with zero attached hydrogens (tertiary/aromatic N) is 1. The molecule has 0 unspecified atom stereocenters. The average molecular weight is 314 g/mol. The Bertz CT molecular complexity index is 740. The molecule has 2 aromatic carbocycles. The molecule has 0 aromatic heterocycles. The van der Waals surface area contributed by atoms with Crippen LogP contribution in [0.1, 0.15) is 22.3 Å². The Morgan fingerprint density at radius 2 is 1.83 bits per heavy atom. The van der Waals surface area contributed by atoms with Crippen molar-refractivity contribution < 1.29 is 19.6 Å². The molecular weight excluding hydrogens is 300 g/mol. The van der Waals surface area contributed by atoms with Gasteiger partial charge in [-0.25, -0.2) is 4.79 Å². The summed E-state index contributed by atoms with van der Waals surface area (Å²) in [6, 6.07) is 12.0. The minimum atomic E-state index is -1.06. The number of hydrogen-bond acceptors (Lipinski definition) is 4. The molecule has 0 atom stereocenters. The Balaban J connectivity index is 1.91. The molecule has 23 heavy (non-hydrogen) atoms. The van der Waals surface area contributed by atoms with E-state index >= 15 is 0 Å². The summed E-state index contributed by atoms with van der Waals surface area (Å²) in [6.45, 7) is 0. The molecule has 0 aliphatic carbocycles. The third-order valence-electron chi connectivity index (χ3n) is 3.18. The Morgan fingerprint density at radius 3 is 2.43 bits per heavy atom.